The van der Waals surface area contributed by atoms with Gasteiger partial charge in [-0.2, -0.15) is 0 Å². The molecule has 0 aromatic heterocycles. The van der Waals surface area contributed by atoms with Crippen molar-refractivity contribution in [2.45, 2.75) is 219 Å². The number of allylic oxidation sites excluding steroid dienone is 6. The first-order valence-corrected chi connectivity index (χ1v) is 20.0. The number of ether oxygens (including phenoxy) is 1. The summed E-state index contributed by atoms with van der Waals surface area (Å²) < 4.78 is 5.88. The van der Waals surface area contributed by atoms with E-state index in [1.165, 1.54) is 116 Å². The number of unbranched alkanes of at least 4 members (excludes halogenated alkanes) is 21. The summed E-state index contributed by atoms with van der Waals surface area (Å²) in [6.45, 7) is 4.35. The van der Waals surface area contributed by atoms with Crippen LogP contribution in [-0.2, 0) is 14.3 Å². The lowest BCUT2D eigenvalue weighted by Crippen LogP contribution is -2.18. The highest BCUT2D eigenvalue weighted by molar-refractivity contribution is 5.69. The number of hydrogen-bond acceptors (Lipinski definition) is 3. The Balaban J connectivity index is 3.54. The molecule has 0 amide bonds. The molecular formula is C42H76O4. The number of carboxylic acid groups (broad SMARTS) is 1. The van der Waals surface area contributed by atoms with Crippen molar-refractivity contribution in [3.05, 3.63) is 36.5 Å². The Morgan fingerprint density at radius 2 is 0.913 bits per heavy atom. The quantitative estimate of drug-likeness (QED) is 0.0419. The fraction of sp³-hybridized carbons (Fsp3) is 0.810. The van der Waals surface area contributed by atoms with Crippen molar-refractivity contribution >= 4 is 11.9 Å². The predicted molar refractivity (Wildman–Crippen MR) is 199 cm³/mol. The molecule has 4 nitrogen and oxygen atoms in total. The number of carbonyl (C=O) groups excluding carboxylic acids is 1. The van der Waals surface area contributed by atoms with E-state index in [1.807, 2.05) is 0 Å². The fourth-order valence-electron chi connectivity index (χ4n) is 6.02. The van der Waals surface area contributed by atoms with Gasteiger partial charge in [0.25, 0.3) is 0 Å². The summed E-state index contributed by atoms with van der Waals surface area (Å²) in [5.74, 6) is -0.645. The van der Waals surface area contributed by atoms with Crippen LogP contribution in [0.2, 0.25) is 0 Å². The minimum absolute atomic E-state index is 0.0181. The van der Waals surface area contributed by atoms with Crippen LogP contribution in [0.1, 0.15) is 213 Å². The van der Waals surface area contributed by atoms with Crippen LogP contribution in [0.3, 0.4) is 0 Å². The molecule has 0 aromatic rings. The summed E-state index contributed by atoms with van der Waals surface area (Å²) in [6.07, 6.45) is 49.5. The minimum Gasteiger partial charge on any atom is -0.481 e. The lowest BCUT2D eigenvalue weighted by Gasteiger charge is -2.17. The van der Waals surface area contributed by atoms with Gasteiger partial charge >= 0.3 is 11.9 Å². The standard InChI is InChI=1S/C42H76O4/c1-3-5-6-7-8-9-10-11-15-20-23-26-29-32-35-39-42(45)46-40(36-4-2)37-33-30-27-24-21-18-16-13-12-14-17-19-22-25-28-31-34-38-41(43)44/h5-6,8-9,11,15,40H,3-4,7,10,12-14,16-39H2,1-2H3,(H,43,44)/b6-5-,9-8-,15-11-. The molecule has 0 heterocycles. The third kappa shape index (κ3) is 36.6. The van der Waals surface area contributed by atoms with E-state index in [2.05, 4.69) is 50.3 Å². The molecule has 0 aliphatic rings. The molecule has 0 saturated heterocycles. The Bertz CT molecular complexity index is 738. The number of aliphatic carboxylic acids is 1. The molecule has 0 spiro atoms. The average molecular weight is 645 g/mol. The van der Waals surface area contributed by atoms with Gasteiger partial charge in [0.2, 0.25) is 0 Å². The number of carbonyl (C=O) groups is 2. The molecule has 0 saturated carbocycles. The van der Waals surface area contributed by atoms with Crippen molar-refractivity contribution in [3.63, 3.8) is 0 Å². The second-order valence-electron chi connectivity index (χ2n) is 13.4. The fourth-order valence-corrected chi connectivity index (χ4v) is 6.02. The maximum Gasteiger partial charge on any atom is 0.306 e. The van der Waals surface area contributed by atoms with Crippen molar-refractivity contribution < 1.29 is 19.4 Å². The Labute approximate surface area is 286 Å². The van der Waals surface area contributed by atoms with Gasteiger partial charge in [0.1, 0.15) is 6.10 Å². The summed E-state index contributed by atoms with van der Waals surface area (Å²) >= 11 is 0. The van der Waals surface area contributed by atoms with E-state index in [0.717, 1.165) is 70.6 Å². The zero-order valence-electron chi connectivity index (χ0n) is 30.6. The van der Waals surface area contributed by atoms with Crippen molar-refractivity contribution in [3.8, 4) is 0 Å². The van der Waals surface area contributed by atoms with Gasteiger partial charge in [0, 0.05) is 12.8 Å². The number of carboxylic acids is 1. The van der Waals surface area contributed by atoms with E-state index < -0.39 is 5.97 Å². The van der Waals surface area contributed by atoms with Gasteiger partial charge in [-0.25, -0.2) is 0 Å². The van der Waals surface area contributed by atoms with Crippen molar-refractivity contribution in [1.29, 1.82) is 0 Å². The van der Waals surface area contributed by atoms with E-state index in [4.69, 9.17) is 9.84 Å². The largest absolute Gasteiger partial charge is 0.481 e. The Kier molecular flexibility index (Phi) is 36.1. The molecule has 1 N–H and O–H groups in total. The van der Waals surface area contributed by atoms with Crippen molar-refractivity contribution in [2.75, 3.05) is 0 Å². The lowest BCUT2D eigenvalue weighted by molar-refractivity contribution is -0.150. The smallest absolute Gasteiger partial charge is 0.306 e. The number of rotatable bonds is 36. The van der Waals surface area contributed by atoms with Crippen LogP contribution in [-0.4, -0.2) is 23.1 Å². The van der Waals surface area contributed by atoms with Crippen LogP contribution in [0.5, 0.6) is 0 Å². The third-order valence-corrected chi connectivity index (χ3v) is 8.86. The van der Waals surface area contributed by atoms with Gasteiger partial charge in [-0.15, -0.1) is 0 Å². The Morgan fingerprint density at radius 1 is 0.500 bits per heavy atom. The van der Waals surface area contributed by atoms with Crippen LogP contribution < -0.4 is 0 Å². The van der Waals surface area contributed by atoms with E-state index in [9.17, 15) is 9.59 Å². The van der Waals surface area contributed by atoms with Crippen molar-refractivity contribution in [2.24, 2.45) is 0 Å². The van der Waals surface area contributed by atoms with E-state index in [1.54, 1.807) is 0 Å². The van der Waals surface area contributed by atoms with Gasteiger partial charge < -0.3 is 9.84 Å². The first kappa shape index (κ1) is 44.2. The predicted octanol–water partition coefficient (Wildman–Crippen LogP) is 13.8. The zero-order valence-corrected chi connectivity index (χ0v) is 30.6. The molecule has 268 valence electrons. The second-order valence-corrected chi connectivity index (χ2v) is 13.4. The van der Waals surface area contributed by atoms with Gasteiger partial charge in [0.05, 0.1) is 0 Å². The van der Waals surface area contributed by atoms with Crippen molar-refractivity contribution in [1.82, 2.24) is 0 Å². The van der Waals surface area contributed by atoms with Crippen LogP contribution in [0.4, 0.5) is 0 Å². The lowest BCUT2D eigenvalue weighted by atomic mass is 10.0. The maximum absolute atomic E-state index is 12.4. The van der Waals surface area contributed by atoms with E-state index in [0.29, 0.717) is 12.8 Å². The first-order chi connectivity index (χ1) is 22.6. The summed E-state index contributed by atoms with van der Waals surface area (Å²) in [6, 6.07) is 0. The highest BCUT2D eigenvalue weighted by Crippen LogP contribution is 2.18. The molecule has 1 unspecified atom stereocenters. The molecule has 0 rings (SSSR count). The average Bonchev–Trinajstić information content (AvgIpc) is 3.03. The van der Waals surface area contributed by atoms with Gasteiger partial charge in [-0.3, -0.25) is 9.59 Å². The van der Waals surface area contributed by atoms with Gasteiger partial charge in [0.15, 0.2) is 0 Å². The molecular weight excluding hydrogens is 568 g/mol. The Morgan fingerprint density at radius 3 is 1.39 bits per heavy atom. The molecule has 46 heavy (non-hydrogen) atoms. The maximum atomic E-state index is 12.4. The van der Waals surface area contributed by atoms with E-state index in [-0.39, 0.29) is 12.1 Å². The monoisotopic (exact) mass is 645 g/mol. The van der Waals surface area contributed by atoms with Crippen LogP contribution in [0.15, 0.2) is 36.5 Å². The third-order valence-electron chi connectivity index (χ3n) is 8.86. The van der Waals surface area contributed by atoms with E-state index >= 15 is 0 Å². The summed E-state index contributed by atoms with van der Waals surface area (Å²) in [5, 5.41) is 8.66. The van der Waals surface area contributed by atoms with Crippen LogP contribution >= 0.6 is 0 Å². The SMILES string of the molecule is CC/C=C\C/C=C\C/C=C\CCCCCCCC(=O)OC(CCC)CCCCCCCCCCCCCCCCCCCC(=O)O. The van der Waals surface area contributed by atoms with Crippen LogP contribution in [0.25, 0.3) is 0 Å². The minimum atomic E-state index is -0.663. The normalized spacial score (nSPS) is 12.6. The molecule has 0 aliphatic heterocycles. The molecule has 0 bridgehead atoms. The topological polar surface area (TPSA) is 63.6 Å². The molecule has 0 fully saturated rings. The highest BCUT2D eigenvalue weighted by Gasteiger charge is 2.13. The molecule has 0 aliphatic carbocycles. The highest BCUT2D eigenvalue weighted by atomic mass is 16.5. The number of hydrogen-bond donors (Lipinski definition) is 1. The van der Waals surface area contributed by atoms with Crippen LogP contribution in [0, 0.1) is 0 Å². The molecule has 4 heteroatoms. The Hall–Kier alpha value is -1.84. The molecule has 0 radical (unpaired) electrons. The summed E-state index contributed by atoms with van der Waals surface area (Å²) in [5.41, 5.74) is 0. The van der Waals surface area contributed by atoms with Gasteiger partial charge in [-0.1, -0.05) is 172 Å². The summed E-state index contributed by atoms with van der Waals surface area (Å²) in [4.78, 5) is 22.9. The summed E-state index contributed by atoms with van der Waals surface area (Å²) in [7, 11) is 0. The molecule has 0 aromatic carbocycles. The number of esters is 1. The first-order valence-electron chi connectivity index (χ1n) is 20.0. The molecule has 1 atom stereocenters. The van der Waals surface area contributed by atoms with Gasteiger partial charge in [-0.05, 0) is 64.2 Å². The second kappa shape index (κ2) is 37.6. The zero-order chi connectivity index (χ0) is 33.6.